The zero-order valence-corrected chi connectivity index (χ0v) is 19.0. The van der Waals surface area contributed by atoms with Crippen molar-refractivity contribution in [2.75, 3.05) is 0 Å². The molecule has 0 aromatic heterocycles. The van der Waals surface area contributed by atoms with Crippen LogP contribution in [0.15, 0.2) is 65.4 Å². The summed E-state index contributed by atoms with van der Waals surface area (Å²) >= 11 is 0. The maximum absolute atomic E-state index is 2.36. The third kappa shape index (κ3) is 3.93. The van der Waals surface area contributed by atoms with E-state index in [1.54, 1.807) is 10.8 Å². The van der Waals surface area contributed by atoms with E-state index in [9.17, 15) is 0 Å². The van der Waals surface area contributed by atoms with Gasteiger partial charge in [-0.25, -0.2) is 0 Å². The largest absolute Gasteiger partial charge is 0.0832 e. The van der Waals surface area contributed by atoms with Crippen LogP contribution in [-0.2, 0) is 6.42 Å². The molecule has 0 saturated carbocycles. The molecule has 0 heterocycles. The zero-order chi connectivity index (χ0) is 18.7. The summed E-state index contributed by atoms with van der Waals surface area (Å²) in [6, 6.07) is 20.4. The molecule has 0 N–H and O–H groups in total. The van der Waals surface area contributed by atoms with Crippen LogP contribution in [0.25, 0.3) is 11.1 Å². The van der Waals surface area contributed by atoms with Gasteiger partial charge in [0.25, 0.3) is 0 Å². The van der Waals surface area contributed by atoms with Gasteiger partial charge < -0.3 is 0 Å². The van der Waals surface area contributed by atoms with E-state index < -0.39 is 0 Å². The third-order valence-electron chi connectivity index (χ3n) is 5.35. The van der Waals surface area contributed by atoms with Gasteiger partial charge >= 0.3 is 0 Å². The molecule has 0 fully saturated rings. The van der Waals surface area contributed by atoms with Crippen LogP contribution in [0.2, 0.25) is 0 Å². The highest BCUT2D eigenvalue weighted by Gasteiger charge is 2.31. The highest BCUT2D eigenvalue weighted by Crippen LogP contribution is 2.49. The first-order valence-electron chi connectivity index (χ1n) is 10.00. The molecular formula is C25H32Si. The Morgan fingerprint density at radius 1 is 0.885 bits per heavy atom. The van der Waals surface area contributed by atoms with E-state index in [4.69, 9.17) is 0 Å². The summed E-state index contributed by atoms with van der Waals surface area (Å²) in [5.41, 5.74) is 9.01. The minimum Gasteiger partial charge on any atom is -0.0832 e. The summed E-state index contributed by atoms with van der Waals surface area (Å²) < 4.78 is 0. The predicted molar refractivity (Wildman–Crippen MR) is 119 cm³/mol. The molecule has 0 aliphatic heterocycles. The summed E-state index contributed by atoms with van der Waals surface area (Å²) in [5, 5.41) is 1.65. The van der Waals surface area contributed by atoms with Crippen molar-refractivity contribution in [2.24, 2.45) is 5.41 Å². The molecule has 2 aromatic rings. The Morgan fingerprint density at radius 3 is 2.12 bits per heavy atom. The molecule has 2 aromatic carbocycles. The van der Waals surface area contributed by atoms with Gasteiger partial charge in [-0.05, 0) is 58.1 Å². The molecule has 3 rings (SSSR count). The Hall–Kier alpha value is -1.86. The number of hydrogen-bond donors (Lipinski definition) is 0. The van der Waals surface area contributed by atoms with Gasteiger partial charge in [-0.15, -0.1) is 0 Å². The molecule has 1 heteroatoms. The molecule has 1 aliphatic rings. The van der Waals surface area contributed by atoms with Crippen molar-refractivity contribution < 1.29 is 0 Å². The van der Waals surface area contributed by atoms with Gasteiger partial charge in [0.2, 0.25) is 0 Å². The van der Waals surface area contributed by atoms with E-state index in [0.29, 0.717) is 0 Å². The van der Waals surface area contributed by atoms with Crippen LogP contribution in [-0.4, -0.2) is 10.2 Å². The van der Waals surface area contributed by atoms with Gasteiger partial charge in [-0.2, -0.15) is 0 Å². The molecule has 0 saturated heterocycles. The van der Waals surface area contributed by atoms with E-state index in [1.807, 2.05) is 0 Å². The van der Waals surface area contributed by atoms with Gasteiger partial charge in [-0.3, -0.25) is 0 Å². The summed E-state index contributed by atoms with van der Waals surface area (Å²) in [5.74, 6) is 0. The van der Waals surface area contributed by atoms with Crippen molar-refractivity contribution in [3.8, 4) is 0 Å². The average molecular weight is 361 g/mol. The van der Waals surface area contributed by atoms with Crippen molar-refractivity contribution in [2.45, 2.75) is 53.4 Å². The first kappa shape index (κ1) is 18.9. The molecule has 1 aliphatic carbocycles. The van der Waals surface area contributed by atoms with Gasteiger partial charge in [0.05, 0.1) is 0 Å². The van der Waals surface area contributed by atoms with Crippen molar-refractivity contribution >= 4 is 21.4 Å². The molecule has 0 radical (unpaired) electrons. The van der Waals surface area contributed by atoms with Crippen molar-refractivity contribution in [1.82, 2.24) is 0 Å². The monoisotopic (exact) mass is 360 g/mol. The Kier molecular flexibility index (Phi) is 5.67. The molecule has 0 nitrogen and oxygen atoms in total. The maximum Gasteiger partial charge on any atom is 0.0341 e. The van der Waals surface area contributed by atoms with Gasteiger partial charge in [0, 0.05) is 10.2 Å². The Bertz CT molecular complexity index is 815. The van der Waals surface area contributed by atoms with E-state index >= 15 is 0 Å². The number of aryl methyl sites for hydroxylation is 1. The number of benzene rings is 2. The van der Waals surface area contributed by atoms with Crippen LogP contribution >= 0.6 is 0 Å². The lowest BCUT2D eigenvalue weighted by Crippen LogP contribution is -2.12. The molecule has 136 valence electrons. The Balaban J connectivity index is 2.08. The molecule has 0 amide bonds. The van der Waals surface area contributed by atoms with Crippen LogP contribution in [0, 0.1) is 5.41 Å². The van der Waals surface area contributed by atoms with Gasteiger partial charge in [0.1, 0.15) is 0 Å². The van der Waals surface area contributed by atoms with Crippen molar-refractivity contribution in [3.05, 3.63) is 82.1 Å². The van der Waals surface area contributed by atoms with Crippen LogP contribution in [0.3, 0.4) is 0 Å². The third-order valence-corrected chi connectivity index (χ3v) is 6.21. The Labute approximate surface area is 162 Å². The lowest BCUT2D eigenvalue weighted by atomic mass is 9.80. The normalized spacial score (nSPS) is 15.2. The topological polar surface area (TPSA) is 0 Å². The van der Waals surface area contributed by atoms with E-state index in [1.165, 1.54) is 47.1 Å². The smallest absolute Gasteiger partial charge is 0.0341 e. The van der Waals surface area contributed by atoms with Crippen molar-refractivity contribution in [1.29, 1.82) is 0 Å². The lowest BCUT2D eigenvalue weighted by molar-refractivity contribution is 0.520. The molecule has 0 bridgehead atoms. The number of hydrogen-bond acceptors (Lipinski definition) is 0. The SMILES string of the molecule is CCCCc1ccc(C2=C(c3ccccc3)C(C(C)(C)C)=C([SiH3])C2)cc1. The fraction of sp³-hybridized carbons (Fsp3) is 0.360. The first-order chi connectivity index (χ1) is 12.4. The molecule has 0 unspecified atom stereocenters. The highest BCUT2D eigenvalue weighted by molar-refractivity contribution is 6.27. The molecule has 0 spiro atoms. The fourth-order valence-corrected chi connectivity index (χ4v) is 5.60. The second-order valence-corrected chi connectivity index (χ2v) is 9.81. The second kappa shape index (κ2) is 7.80. The Morgan fingerprint density at radius 2 is 1.54 bits per heavy atom. The number of allylic oxidation sites excluding steroid dienone is 4. The standard InChI is InChI=1S/C25H32Si/c1-5-6-10-18-13-15-19(16-14-18)21-17-22(26)24(25(2,3)4)23(21)20-11-8-7-9-12-20/h7-9,11-16H,5-6,10,17H2,1-4,26H3. The second-order valence-electron chi connectivity index (χ2n) is 8.60. The van der Waals surface area contributed by atoms with Gasteiger partial charge in [-0.1, -0.05) is 93.9 Å². The lowest BCUT2D eigenvalue weighted by Gasteiger charge is -2.26. The van der Waals surface area contributed by atoms with Crippen LogP contribution in [0.4, 0.5) is 0 Å². The molecule has 0 atom stereocenters. The van der Waals surface area contributed by atoms with Crippen molar-refractivity contribution in [3.63, 3.8) is 0 Å². The van der Waals surface area contributed by atoms with E-state index in [0.717, 1.165) is 16.7 Å². The number of unbranched alkanes of at least 4 members (excludes halogenated alkanes) is 1. The quantitative estimate of drug-likeness (QED) is 0.573. The summed E-state index contributed by atoms with van der Waals surface area (Å²) in [6.45, 7) is 9.34. The highest BCUT2D eigenvalue weighted by atomic mass is 28.1. The summed E-state index contributed by atoms with van der Waals surface area (Å²) in [7, 11) is 1.13. The molecular weight excluding hydrogens is 328 g/mol. The van der Waals surface area contributed by atoms with Crippen LogP contribution in [0.1, 0.15) is 63.6 Å². The predicted octanol–water partition coefficient (Wildman–Crippen LogP) is 6.01. The minimum atomic E-state index is 0.186. The summed E-state index contributed by atoms with van der Waals surface area (Å²) in [4.78, 5) is 0. The van der Waals surface area contributed by atoms with E-state index in [-0.39, 0.29) is 5.41 Å². The number of rotatable bonds is 5. The minimum absolute atomic E-state index is 0.186. The van der Waals surface area contributed by atoms with Crippen LogP contribution < -0.4 is 0 Å². The average Bonchev–Trinajstić information content (AvgIpc) is 2.98. The molecule has 26 heavy (non-hydrogen) atoms. The van der Waals surface area contributed by atoms with E-state index in [2.05, 4.69) is 82.3 Å². The fourth-order valence-electron chi connectivity index (χ4n) is 4.24. The maximum atomic E-state index is 2.36. The zero-order valence-electron chi connectivity index (χ0n) is 17.0. The first-order valence-corrected chi connectivity index (χ1v) is 11.0. The summed E-state index contributed by atoms with van der Waals surface area (Å²) in [6.07, 6.45) is 4.85. The van der Waals surface area contributed by atoms with Gasteiger partial charge in [0.15, 0.2) is 0 Å². The van der Waals surface area contributed by atoms with Crippen LogP contribution in [0.5, 0.6) is 0 Å².